The van der Waals surface area contributed by atoms with Crippen LogP contribution in [0.5, 0.6) is 17.5 Å². The third-order valence-corrected chi connectivity index (χ3v) is 4.80. The molecule has 0 saturated carbocycles. The Labute approximate surface area is 193 Å². The molecule has 3 aromatic rings. The number of aromatic nitrogens is 1. The third-order valence-electron chi connectivity index (χ3n) is 4.80. The number of pyridine rings is 1. The average molecular weight is 472 g/mol. The van der Waals surface area contributed by atoms with Gasteiger partial charge >= 0.3 is 11.9 Å². The zero-order valence-electron chi connectivity index (χ0n) is 18.1. The molecule has 4 N–H and O–H groups in total. The molecule has 0 amide bonds. The van der Waals surface area contributed by atoms with Crippen LogP contribution in [0.2, 0.25) is 0 Å². The van der Waals surface area contributed by atoms with Crippen molar-refractivity contribution in [2.24, 2.45) is 5.73 Å². The lowest BCUT2D eigenvalue weighted by Crippen LogP contribution is -2.26. The molecule has 1 atom stereocenters. The highest BCUT2D eigenvalue weighted by Crippen LogP contribution is 2.32. The maximum absolute atomic E-state index is 14.4. The largest absolute Gasteiger partial charge is 0.481 e. The molecule has 0 fully saturated rings. The SMILES string of the molecule is CC[C@@H](Oc1nc(Oc2cc(CC(=O)O)cc(-c3cccc(CN)c3)c2)c(F)cc1F)C(=O)O. The van der Waals surface area contributed by atoms with Gasteiger partial charge in [-0.3, -0.25) is 4.79 Å². The summed E-state index contributed by atoms with van der Waals surface area (Å²) in [6, 6.07) is 12.3. The first kappa shape index (κ1) is 24.6. The Hall–Kier alpha value is -4.05. The average Bonchev–Trinajstić information content (AvgIpc) is 2.79. The summed E-state index contributed by atoms with van der Waals surface area (Å²) in [5.74, 6) is -6.11. The summed E-state index contributed by atoms with van der Waals surface area (Å²) >= 11 is 0. The molecule has 0 aliphatic rings. The van der Waals surface area contributed by atoms with Crippen LogP contribution in [0.3, 0.4) is 0 Å². The lowest BCUT2D eigenvalue weighted by atomic mass is 9.99. The van der Waals surface area contributed by atoms with Gasteiger partial charge in [0.25, 0.3) is 11.8 Å². The second-order valence-corrected chi connectivity index (χ2v) is 7.36. The van der Waals surface area contributed by atoms with Crippen LogP contribution in [0, 0.1) is 11.6 Å². The molecule has 1 aromatic heterocycles. The topological polar surface area (TPSA) is 132 Å². The Kier molecular flexibility index (Phi) is 7.75. The number of ether oxygens (including phenoxy) is 2. The van der Waals surface area contributed by atoms with Gasteiger partial charge in [-0.1, -0.05) is 31.2 Å². The zero-order valence-corrected chi connectivity index (χ0v) is 18.1. The highest BCUT2D eigenvalue weighted by Gasteiger charge is 2.22. The van der Waals surface area contributed by atoms with E-state index >= 15 is 0 Å². The first-order valence-electron chi connectivity index (χ1n) is 10.3. The Morgan fingerprint density at radius 2 is 1.71 bits per heavy atom. The second-order valence-electron chi connectivity index (χ2n) is 7.36. The molecule has 0 aliphatic heterocycles. The Morgan fingerprint density at radius 1 is 1.00 bits per heavy atom. The molecule has 0 aliphatic carbocycles. The van der Waals surface area contributed by atoms with Gasteiger partial charge in [-0.2, -0.15) is 4.98 Å². The zero-order chi connectivity index (χ0) is 24.8. The normalized spacial score (nSPS) is 11.6. The van der Waals surface area contributed by atoms with E-state index in [2.05, 4.69) is 4.98 Å². The number of rotatable bonds is 10. The van der Waals surface area contributed by atoms with Crippen molar-refractivity contribution in [1.82, 2.24) is 4.98 Å². The molecule has 34 heavy (non-hydrogen) atoms. The fourth-order valence-corrected chi connectivity index (χ4v) is 3.18. The summed E-state index contributed by atoms with van der Waals surface area (Å²) < 4.78 is 39.1. The minimum atomic E-state index is -1.39. The maximum atomic E-state index is 14.4. The van der Waals surface area contributed by atoms with Crippen LogP contribution in [0.4, 0.5) is 8.78 Å². The van der Waals surface area contributed by atoms with E-state index in [1.54, 1.807) is 18.2 Å². The van der Waals surface area contributed by atoms with Gasteiger partial charge in [-0.15, -0.1) is 0 Å². The standard InChI is InChI=1S/C24H22F2N2O6/c1-2-20(24(31)32)34-23-19(26)11-18(25)22(28-23)33-17-8-14(9-21(29)30)7-16(10-17)15-5-3-4-13(6-15)12-27/h3-8,10-11,20H,2,9,12,27H2,1H3,(H,29,30)(H,31,32)/t20-/m1/s1. The fraction of sp³-hybridized carbons (Fsp3) is 0.208. The van der Waals surface area contributed by atoms with Crippen molar-refractivity contribution >= 4 is 11.9 Å². The molecule has 0 unspecified atom stereocenters. The molecule has 3 rings (SSSR count). The lowest BCUT2D eigenvalue weighted by Gasteiger charge is -2.15. The number of hydrogen-bond donors (Lipinski definition) is 3. The molecule has 0 bridgehead atoms. The summed E-state index contributed by atoms with van der Waals surface area (Å²) in [6.07, 6.45) is -1.70. The van der Waals surface area contributed by atoms with Crippen LogP contribution in [-0.4, -0.2) is 33.2 Å². The van der Waals surface area contributed by atoms with E-state index in [0.29, 0.717) is 23.7 Å². The van der Waals surface area contributed by atoms with Crippen LogP contribution in [-0.2, 0) is 22.6 Å². The quantitative estimate of drug-likeness (QED) is 0.401. The van der Waals surface area contributed by atoms with Crippen LogP contribution in [0.1, 0.15) is 24.5 Å². The number of carbonyl (C=O) groups is 2. The molecule has 10 heteroatoms. The molecule has 1 heterocycles. The van der Waals surface area contributed by atoms with Crippen LogP contribution in [0.15, 0.2) is 48.5 Å². The smallest absolute Gasteiger partial charge is 0.344 e. The minimum Gasteiger partial charge on any atom is -0.481 e. The molecular weight excluding hydrogens is 450 g/mol. The van der Waals surface area contributed by atoms with Crippen molar-refractivity contribution in [3.8, 4) is 28.6 Å². The second kappa shape index (κ2) is 10.7. The van der Waals surface area contributed by atoms with Crippen molar-refractivity contribution in [1.29, 1.82) is 0 Å². The summed E-state index contributed by atoms with van der Waals surface area (Å²) in [5, 5.41) is 18.3. The molecular formula is C24H22F2N2O6. The predicted molar refractivity (Wildman–Crippen MR) is 118 cm³/mol. The van der Waals surface area contributed by atoms with Crippen LogP contribution < -0.4 is 15.2 Å². The maximum Gasteiger partial charge on any atom is 0.344 e. The number of nitrogens with zero attached hydrogens (tertiary/aromatic N) is 1. The van der Waals surface area contributed by atoms with Crippen molar-refractivity contribution in [2.45, 2.75) is 32.4 Å². The Bertz CT molecular complexity index is 1220. The Balaban J connectivity index is 2.01. The van der Waals surface area contributed by atoms with Gasteiger partial charge < -0.3 is 25.4 Å². The van der Waals surface area contributed by atoms with E-state index < -0.39 is 41.4 Å². The monoisotopic (exact) mass is 472 g/mol. The van der Waals surface area contributed by atoms with Crippen molar-refractivity contribution in [3.05, 3.63) is 71.3 Å². The van der Waals surface area contributed by atoms with Crippen molar-refractivity contribution in [2.75, 3.05) is 0 Å². The number of nitrogens with two attached hydrogens (primary N) is 1. The van der Waals surface area contributed by atoms with E-state index in [0.717, 1.165) is 11.1 Å². The van der Waals surface area contributed by atoms with Gasteiger partial charge in [0.15, 0.2) is 17.7 Å². The fourth-order valence-electron chi connectivity index (χ4n) is 3.18. The summed E-state index contributed by atoms with van der Waals surface area (Å²) in [4.78, 5) is 26.1. The lowest BCUT2D eigenvalue weighted by molar-refractivity contribution is -0.145. The molecule has 0 saturated heterocycles. The van der Waals surface area contributed by atoms with E-state index in [-0.39, 0.29) is 18.6 Å². The highest BCUT2D eigenvalue weighted by atomic mass is 19.1. The number of halogens is 2. The Morgan fingerprint density at radius 3 is 2.35 bits per heavy atom. The van der Waals surface area contributed by atoms with Crippen molar-refractivity contribution in [3.63, 3.8) is 0 Å². The predicted octanol–water partition coefficient (Wildman–Crippen LogP) is 4.15. The molecule has 2 aromatic carbocycles. The van der Waals surface area contributed by atoms with Crippen LogP contribution in [0.25, 0.3) is 11.1 Å². The first-order chi connectivity index (χ1) is 16.2. The third kappa shape index (κ3) is 6.04. The van der Waals surface area contributed by atoms with E-state index in [4.69, 9.17) is 20.3 Å². The van der Waals surface area contributed by atoms with E-state index in [1.807, 2.05) is 12.1 Å². The number of benzene rings is 2. The number of aliphatic carboxylic acids is 2. The van der Waals surface area contributed by atoms with E-state index in [9.17, 15) is 23.5 Å². The molecule has 0 spiro atoms. The summed E-state index contributed by atoms with van der Waals surface area (Å²) in [5.41, 5.74) is 8.23. The van der Waals surface area contributed by atoms with Gasteiger partial charge in [0.05, 0.1) is 6.42 Å². The van der Waals surface area contributed by atoms with Crippen LogP contribution >= 0.6 is 0 Å². The van der Waals surface area contributed by atoms with Gasteiger partial charge in [0.1, 0.15) is 5.75 Å². The molecule has 0 radical (unpaired) electrons. The molecule has 8 nitrogen and oxygen atoms in total. The first-order valence-corrected chi connectivity index (χ1v) is 10.3. The number of hydrogen-bond acceptors (Lipinski definition) is 6. The molecule has 178 valence electrons. The summed E-state index contributed by atoms with van der Waals surface area (Å²) in [6.45, 7) is 1.82. The van der Waals surface area contributed by atoms with Gasteiger partial charge in [0, 0.05) is 12.6 Å². The van der Waals surface area contributed by atoms with Gasteiger partial charge in [-0.05, 0) is 46.9 Å². The summed E-state index contributed by atoms with van der Waals surface area (Å²) in [7, 11) is 0. The van der Waals surface area contributed by atoms with Gasteiger partial charge in [0.2, 0.25) is 0 Å². The number of carboxylic acid groups (broad SMARTS) is 2. The number of carboxylic acids is 2. The van der Waals surface area contributed by atoms with E-state index in [1.165, 1.54) is 19.1 Å². The highest BCUT2D eigenvalue weighted by molar-refractivity contribution is 5.73. The van der Waals surface area contributed by atoms with Crippen molar-refractivity contribution < 1.29 is 38.1 Å². The minimum absolute atomic E-state index is 0.0203. The van der Waals surface area contributed by atoms with Gasteiger partial charge in [-0.25, -0.2) is 13.6 Å².